The number of thiol groups is 1. The SMILES string of the molecule is Cc1cc(N)sc1[SH](=O)=O. The van der Waals surface area contributed by atoms with Crippen LogP contribution < -0.4 is 5.73 Å². The molecule has 0 aliphatic heterocycles. The van der Waals surface area contributed by atoms with Crippen LogP contribution in [-0.4, -0.2) is 8.42 Å². The van der Waals surface area contributed by atoms with Crippen molar-refractivity contribution in [3.8, 4) is 0 Å². The minimum absolute atomic E-state index is 0.368. The summed E-state index contributed by atoms with van der Waals surface area (Å²) in [5.41, 5.74) is 6.10. The zero-order valence-electron chi connectivity index (χ0n) is 5.33. The summed E-state index contributed by atoms with van der Waals surface area (Å²) < 4.78 is 21.2. The highest BCUT2D eigenvalue weighted by Crippen LogP contribution is 2.24. The molecular formula is C5H7NO2S2. The first-order chi connectivity index (χ1) is 4.61. The lowest BCUT2D eigenvalue weighted by Crippen LogP contribution is -1.74. The molecule has 1 aromatic heterocycles. The van der Waals surface area contributed by atoms with Crippen molar-refractivity contribution >= 4 is 27.0 Å². The van der Waals surface area contributed by atoms with E-state index in [0.717, 1.165) is 16.9 Å². The van der Waals surface area contributed by atoms with Crippen molar-refractivity contribution in [2.45, 2.75) is 11.1 Å². The molecule has 0 spiro atoms. The highest BCUT2D eigenvalue weighted by atomic mass is 32.2. The first-order valence-electron chi connectivity index (χ1n) is 2.61. The lowest BCUT2D eigenvalue weighted by atomic mass is 10.4. The third kappa shape index (κ3) is 1.30. The number of anilines is 1. The van der Waals surface area contributed by atoms with Crippen LogP contribution in [0.3, 0.4) is 0 Å². The zero-order valence-corrected chi connectivity index (χ0v) is 7.04. The second-order valence-corrected chi connectivity index (χ2v) is 4.24. The average Bonchev–Trinajstić information content (AvgIpc) is 2.10. The first kappa shape index (κ1) is 7.56. The van der Waals surface area contributed by atoms with E-state index in [2.05, 4.69) is 0 Å². The minimum Gasteiger partial charge on any atom is -0.391 e. The summed E-state index contributed by atoms with van der Waals surface area (Å²) in [6.07, 6.45) is 0. The van der Waals surface area contributed by atoms with Crippen LogP contribution in [0, 0.1) is 6.92 Å². The summed E-state index contributed by atoms with van der Waals surface area (Å²) in [6.45, 7) is 1.73. The standard InChI is InChI=1S/C5H7NO2S2/c1-3-2-4(6)9-5(3)10(7)8/h2,10H,6H2,1H3. The van der Waals surface area contributed by atoms with E-state index in [1.165, 1.54) is 0 Å². The van der Waals surface area contributed by atoms with E-state index in [1.54, 1.807) is 13.0 Å². The van der Waals surface area contributed by atoms with Gasteiger partial charge in [0.15, 0.2) is 10.7 Å². The van der Waals surface area contributed by atoms with Gasteiger partial charge in [0.05, 0.1) is 5.00 Å². The summed E-state index contributed by atoms with van der Waals surface area (Å²) in [7, 11) is -2.46. The number of rotatable bonds is 1. The van der Waals surface area contributed by atoms with E-state index in [1.807, 2.05) is 0 Å². The van der Waals surface area contributed by atoms with E-state index in [4.69, 9.17) is 5.73 Å². The molecule has 0 aliphatic carbocycles. The van der Waals surface area contributed by atoms with E-state index < -0.39 is 10.7 Å². The van der Waals surface area contributed by atoms with Crippen LogP contribution in [0.2, 0.25) is 0 Å². The number of nitrogens with two attached hydrogens (primary N) is 1. The third-order valence-corrected chi connectivity index (χ3v) is 3.35. The molecule has 2 N–H and O–H groups in total. The smallest absolute Gasteiger partial charge is 0.178 e. The van der Waals surface area contributed by atoms with Gasteiger partial charge in [0.2, 0.25) is 0 Å². The van der Waals surface area contributed by atoms with Gasteiger partial charge in [0.1, 0.15) is 4.21 Å². The molecule has 0 atom stereocenters. The van der Waals surface area contributed by atoms with Gasteiger partial charge in [-0.3, -0.25) is 0 Å². The monoisotopic (exact) mass is 177 g/mol. The second-order valence-electron chi connectivity index (χ2n) is 1.89. The summed E-state index contributed by atoms with van der Waals surface area (Å²) >= 11 is 1.10. The Bertz CT molecular complexity index is 305. The van der Waals surface area contributed by atoms with Crippen LogP contribution in [0.15, 0.2) is 10.3 Å². The van der Waals surface area contributed by atoms with E-state index in [-0.39, 0.29) is 0 Å². The van der Waals surface area contributed by atoms with Crippen LogP contribution in [0.5, 0.6) is 0 Å². The van der Waals surface area contributed by atoms with Gasteiger partial charge < -0.3 is 5.73 Å². The molecule has 5 heteroatoms. The molecule has 10 heavy (non-hydrogen) atoms. The maximum atomic E-state index is 10.4. The van der Waals surface area contributed by atoms with Crippen molar-refractivity contribution < 1.29 is 8.42 Å². The van der Waals surface area contributed by atoms with Crippen LogP contribution in [-0.2, 0) is 10.7 Å². The summed E-state index contributed by atoms with van der Waals surface area (Å²) in [4.78, 5) is 0. The summed E-state index contributed by atoms with van der Waals surface area (Å²) in [5.74, 6) is 0. The van der Waals surface area contributed by atoms with Gasteiger partial charge in [-0.25, -0.2) is 8.42 Å². The highest BCUT2D eigenvalue weighted by molar-refractivity contribution is 7.75. The second kappa shape index (κ2) is 2.59. The van der Waals surface area contributed by atoms with Gasteiger partial charge in [-0.05, 0) is 18.6 Å². The topological polar surface area (TPSA) is 60.2 Å². The molecule has 56 valence electrons. The highest BCUT2D eigenvalue weighted by Gasteiger charge is 2.03. The van der Waals surface area contributed by atoms with Gasteiger partial charge >= 0.3 is 0 Å². The first-order valence-corrected chi connectivity index (χ1v) is 4.61. The molecule has 3 nitrogen and oxygen atoms in total. The zero-order chi connectivity index (χ0) is 7.72. The molecule has 0 aromatic carbocycles. The Kier molecular flexibility index (Phi) is 1.96. The molecule has 0 aliphatic rings. The van der Waals surface area contributed by atoms with Gasteiger partial charge in [0.25, 0.3) is 0 Å². The van der Waals surface area contributed by atoms with E-state index in [0.29, 0.717) is 9.21 Å². The van der Waals surface area contributed by atoms with Gasteiger partial charge in [0, 0.05) is 0 Å². The molecule has 1 rings (SSSR count). The molecule has 0 unspecified atom stereocenters. The number of nitrogen functional groups attached to an aromatic ring is 1. The Morgan fingerprint density at radius 1 is 1.60 bits per heavy atom. The van der Waals surface area contributed by atoms with Crippen molar-refractivity contribution in [1.82, 2.24) is 0 Å². The normalized spacial score (nSPS) is 10.6. The summed E-state index contributed by atoms with van der Waals surface area (Å²) in [5, 5.41) is 0.548. The van der Waals surface area contributed by atoms with Crippen molar-refractivity contribution in [3.63, 3.8) is 0 Å². The van der Waals surface area contributed by atoms with Crippen molar-refractivity contribution in [2.75, 3.05) is 5.73 Å². The molecule has 0 saturated carbocycles. The molecule has 0 fully saturated rings. The molecular weight excluding hydrogens is 170 g/mol. The maximum absolute atomic E-state index is 10.4. The molecule has 0 bridgehead atoms. The van der Waals surface area contributed by atoms with Crippen LogP contribution in [0.1, 0.15) is 5.56 Å². The third-order valence-electron chi connectivity index (χ3n) is 1.08. The Labute approximate surface area is 64.4 Å². The van der Waals surface area contributed by atoms with Crippen molar-refractivity contribution in [2.24, 2.45) is 0 Å². The number of aryl methyl sites for hydroxylation is 1. The Morgan fingerprint density at radius 2 is 2.20 bits per heavy atom. The van der Waals surface area contributed by atoms with E-state index >= 15 is 0 Å². The van der Waals surface area contributed by atoms with Crippen molar-refractivity contribution in [3.05, 3.63) is 11.6 Å². The number of thiophene rings is 1. The fraction of sp³-hybridized carbons (Fsp3) is 0.200. The Balaban J connectivity index is 3.28. The number of hydrogen-bond donors (Lipinski definition) is 2. The average molecular weight is 177 g/mol. The fourth-order valence-corrected chi connectivity index (χ4v) is 2.32. The van der Waals surface area contributed by atoms with Crippen LogP contribution >= 0.6 is 11.3 Å². The molecule has 0 amide bonds. The van der Waals surface area contributed by atoms with Crippen molar-refractivity contribution in [1.29, 1.82) is 0 Å². The largest absolute Gasteiger partial charge is 0.391 e. The molecule has 1 aromatic rings. The fourth-order valence-electron chi connectivity index (χ4n) is 0.678. The van der Waals surface area contributed by atoms with Crippen LogP contribution in [0.4, 0.5) is 5.00 Å². The lowest BCUT2D eigenvalue weighted by Gasteiger charge is -1.80. The van der Waals surface area contributed by atoms with Crippen LogP contribution in [0.25, 0.3) is 0 Å². The summed E-state index contributed by atoms with van der Waals surface area (Å²) in [6, 6.07) is 1.66. The van der Waals surface area contributed by atoms with Gasteiger partial charge in [-0.15, -0.1) is 11.3 Å². The quantitative estimate of drug-likeness (QED) is 0.618. The Morgan fingerprint density at radius 3 is 2.40 bits per heavy atom. The molecule has 1 heterocycles. The Hall–Kier alpha value is -0.550. The predicted octanol–water partition coefficient (Wildman–Crippen LogP) is 0.609. The number of hydrogen-bond acceptors (Lipinski definition) is 4. The van der Waals surface area contributed by atoms with Gasteiger partial charge in [-0.2, -0.15) is 0 Å². The predicted molar refractivity (Wildman–Crippen MR) is 42.0 cm³/mol. The molecule has 0 radical (unpaired) electrons. The minimum atomic E-state index is -2.46. The van der Waals surface area contributed by atoms with Gasteiger partial charge in [-0.1, -0.05) is 0 Å². The molecule has 0 saturated heterocycles. The van der Waals surface area contributed by atoms with E-state index in [9.17, 15) is 8.42 Å². The maximum Gasteiger partial charge on any atom is 0.178 e. The lowest BCUT2D eigenvalue weighted by molar-refractivity contribution is 0.616.